The second-order valence-corrected chi connectivity index (χ2v) is 6.08. The molecular weight excluding hydrogens is 380 g/mol. The Morgan fingerprint density at radius 3 is 2.41 bits per heavy atom. The van der Waals surface area contributed by atoms with E-state index >= 15 is 0 Å². The third-order valence-corrected chi connectivity index (χ3v) is 4.26. The highest BCUT2D eigenvalue weighted by Gasteiger charge is 2.33. The maximum atomic E-state index is 12.2. The Balaban J connectivity index is 1.61. The Morgan fingerprint density at radius 1 is 1.00 bits per heavy atom. The van der Waals surface area contributed by atoms with E-state index in [9.17, 15) is 24.0 Å². The number of amides is 4. The summed E-state index contributed by atoms with van der Waals surface area (Å²) in [6.07, 6.45) is 0. The van der Waals surface area contributed by atoms with Gasteiger partial charge in [-0.05, 0) is 30.3 Å². The van der Waals surface area contributed by atoms with Crippen molar-refractivity contribution in [3.63, 3.8) is 0 Å². The molecular formula is C20H16N2O7. The fraction of sp³-hybridized carbons (Fsp3) is 0.150. The highest BCUT2D eigenvalue weighted by atomic mass is 16.5. The summed E-state index contributed by atoms with van der Waals surface area (Å²) in [5, 5.41) is 2.10. The maximum Gasteiger partial charge on any atom is 0.338 e. The highest BCUT2D eigenvalue weighted by Crippen LogP contribution is 2.23. The van der Waals surface area contributed by atoms with Crippen LogP contribution >= 0.6 is 0 Å². The smallest absolute Gasteiger partial charge is 0.338 e. The van der Waals surface area contributed by atoms with Gasteiger partial charge < -0.3 is 9.47 Å². The number of carbonyl (C=O) groups is 5. The fourth-order valence-corrected chi connectivity index (χ4v) is 2.76. The number of rotatable bonds is 5. The molecule has 29 heavy (non-hydrogen) atoms. The minimum atomic E-state index is -0.873. The van der Waals surface area contributed by atoms with Crippen molar-refractivity contribution in [3.8, 4) is 5.75 Å². The molecule has 1 aliphatic heterocycles. The lowest BCUT2D eigenvalue weighted by Crippen LogP contribution is -2.34. The minimum Gasteiger partial charge on any atom is -0.496 e. The Labute approximate surface area is 165 Å². The zero-order valence-corrected chi connectivity index (χ0v) is 15.6. The predicted octanol–water partition coefficient (Wildman–Crippen LogP) is 1.03. The predicted molar refractivity (Wildman–Crippen MR) is 98.6 cm³/mol. The number of ether oxygens (including phenoxy) is 2. The molecule has 1 aliphatic rings. The highest BCUT2D eigenvalue weighted by molar-refractivity contribution is 6.21. The van der Waals surface area contributed by atoms with Gasteiger partial charge in [-0.3, -0.25) is 29.4 Å². The van der Waals surface area contributed by atoms with Crippen LogP contribution in [0.15, 0.2) is 42.5 Å². The van der Waals surface area contributed by atoms with Crippen molar-refractivity contribution in [2.75, 3.05) is 20.8 Å². The van der Waals surface area contributed by atoms with Crippen molar-refractivity contribution < 1.29 is 33.4 Å². The maximum absolute atomic E-state index is 12.2. The van der Waals surface area contributed by atoms with E-state index in [0.717, 1.165) is 4.90 Å². The molecule has 0 atom stereocenters. The van der Waals surface area contributed by atoms with E-state index in [2.05, 4.69) is 5.32 Å². The van der Waals surface area contributed by atoms with Gasteiger partial charge in [0.2, 0.25) is 0 Å². The summed E-state index contributed by atoms with van der Waals surface area (Å²) in [5.41, 5.74) is 0.432. The van der Waals surface area contributed by atoms with E-state index < -0.39 is 36.2 Å². The topological polar surface area (TPSA) is 119 Å². The average molecular weight is 396 g/mol. The van der Waals surface area contributed by atoms with E-state index in [4.69, 9.17) is 9.47 Å². The molecule has 1 heterocycles. The van der Waals surface area contributed by atoms with Crippen LogP contribution < -0.4 is 10.1 Å². The van der Waals surface area contributed by atoms with Crippen LogP contribution in [-0.4, -0.2) is 55.3 Å². The SMILES string of the molecule is COc1ccccc1C(=O)NC(=O)COC(=O)c1ccc2c(c1)C(=O)N(C)C2=O. The van der Waals surface area contributed by atoms with Gasteiger partial charge in [-0.2, -0.15) is 0 Å². The first-order chi connectivity index (χ1) is 13.8. The molecule has 0 saturated carbocycles. The summed E-state index contributed by atoms with van der Waals surface area (Å²) in [5.74, 6) is -3.10. The van der Waals surface area contributed by atoms with Crippen molar-refractivity contribution in [1.29, 1.82) is 0 Å². The number of fused-ring (bicyclic) bond motifs is 1. The van der Waals surface area contributed by atoms with Gasteiger partial charge in [-0.25, -0.2) is 4.79 Å². The van der Waals surface area contributed by atoms with Gasteiger partial charge in [0.15, 0.2) is 6.61 Å². The number of carbonyl (C=O) groups excluding carboxylic acids is 5. The molecule has 0 radical (unpaired) electrons. The van der Waals surface area contributed by atoms with Crippen LogP contribution in [0.25, 0.3) is 0 Å². The molecule has 0 saturated heterocycles. The van der Waals surface area contributed by atoms with Crippen LogP contribution in [0.2, 0.25) is 0 Å². The monoisotopic (exact) mass is 396 g/mol. The second kappa shape index (κ2) is 7.93. The molecule has 148 valence electrons. The van der Waals surface area contributed by atoms with E-state index in [1.54, 1.807) is 18.2 Å². The first-order valence-electron chi connectivity index (χ1n) is 8.44. The molecule has 2 aromatic carbocycles. The van der Waals surface area contributed by atoms with Gasteiger partial charge in [0.05, 0.1) is 29.4 Å². The Morgan fingerprint density at radius 2 is 1.69 bits per heavy atom. The van der Waals surface area contributed by atoms with Crippen molar-refractivity contribution in [2.24, 2.45) is 0 Å². The lowest BCUT2D eigenvalue weighted by molar-refractivity contribution is -0.123. The first kappa shape index (κ1) is 19.7. The van der Waals surface area contributed by atoms with Crippen molar-refractivity contribution >= 4 is 29.6 Å². The van der Waals surface area contributed by atoms with Crippen LogP contribution in [0.4, 0.5) is 0 Å². The number of imide groups is 2. The van der Waals surface area contributed by atoms with Crippen molar-refractivity contribution in [2.45, 2.75) is 0 Å². The first-order valence-corrected chi connectivity index (χ1v) is 8.44. The van der Waals surface area contributed by atoms with E-state index in [1.165, 1.54) is 38.4 Å². The van der Waals surface area contributed by atoms with E-state index in [-0.39, 0.29) is 28.0 Å². The van der Waals surface area contributed by atoms with Crippen LogP contribution in [-0.2, 0) is 9.53 Å². The molecule has 0 bridgehead atoms. The molecule has 9 heteroatoms. The summed E-state index contributed by atoms with van der Waals surface area (Å²) >= 11 is 0. The number of nitrogens with zero attached hydrogens (tertiary/aromatic N) is 1. The summed E-state index contributed by atoms with van der Waals surface area (Å²) in [7, 11) is 2.73. The van der Waals surface area contributed by atoms with Gasteiger partial charge in [0, 0.05) is 7.05 Å². The van der Waals surface area contributed by atoms with E-state index in [1.807, 2.05) is 0 Å². The number of methoxy groups -OCH3 is 1. The average Bonchev–Trinajstić information content (AvgIpc) is 2.95. The standard InChI is InChI=1S/C20H16N2O7/c1-22-18(25)12-8-7-11(9-14(12)19(22)26)20(27)29-10-16(23)21-17(24)13-5-3-4-6-15(13)28-2/h3-9H,10H2,1-2H3,(H,21,23,24). The number of hydrogen-bond donors (Lipinski definition) is 1. The summed E-state index contributed by atoms with van der Waals surface area (Å²) in [6, 6.07) is 10.2. The lowest BCUT2D eigenvalue weighted by atomic mass is 10.1. The minimum absolute atomic E-state index is 0.00375. The molecule has 2 aromatic rings. The summed E-state index contributed by atoms with van der Waals surface area (Å²) in [4.78, 5) is 61.0. The molecule has 0 spiro atoms. The summed E-state index contributed by atoms with van der Waals surface area (Å²) < 4.78 is 9.94. The number of nitrogens with one attached hydrogen (secondary N) is 1. The zero-order chi connectivity index (χ0) is 21.1. The van der Waals surface area contributed by atoms with Gasteiger partial charge in [0.25, 0.3) is 23.6 Å². The number of hydrogen-bond acceptors (Lipinski definition) is 7. The van der Waals surface area contributed by atoms with Gasteiger partial charge in [-0.15, -0.1) is 0 Å². The van der Waals surface area contributed by atoms with Crippen molar-refractivity contribution in [1.82, 2.24) is 10.2 Å². The van der Waals surface area contributed by atoms with Gasteiger partial charge in [0.1, 0.15) is 5.75 Å². The molecule has 0 fully saturated rings. The third-order valence-electron chi connectivity index (χ3n) is 4.26. The second-order valence-electron chi connectivity index (χ2n) is 6.08. The van der Waals surface area contributed by atoms with Gasteiger partial charge in [-0.1, -0.05) is 12.1 Å². The van der Waals surface area contributed by atoms with E-state index in [0.29, 0.717) is 0 Å². The van der Waals surface area contributed by atoms with Crippen LogP contribution in [0.3, 0.4) is 0 Å². The largest absolute Gasteiger partial charge is 0.496 e. The molecule has 4 amide bonds. The lowest BCUT2D eigenvalue weighted by Gasteiger charge is -2.09. The number of esters is 1. The zero-order valence-electron chi connectivity index (χ0n) is 15.6. The third kappa shape index (κ3) is 3.84. The van der Waals surface area contributed by atoms with Crippen LogP contribution in [0, 0.1) is 0 Å². The number of benzene rings is 2. The quantitative estimate of drug-likeness (QED) is 0.592. The van der Waals surface area contributed by atoms with Crippen LogP contribution in [0.5, 0.6) is 5.75 Å². The normalized spacial score (nSPS) is 12.4. The Kier molecular flexibility index (Phi) is 5.40. The van der Waals surface area contributed by atoms with Crippen LogP contribution in [0.1, 0.15) is 41.4 Å². The number of para-hydroxylation sites is 1. The molecule has 0 unspecified atom stereocenters. The van der Waals surface area contributed by atoms with Gasteiger partial charge >= 0.3 is 5.97 Å². The Bertz CT molecular complexity index is 1040. The fourth-order valence-electron chi connectivity index (χ4n) is 2.76. The molecule has 0 aliphatic carbocycles. The molecule has 1 N–H and O–H groups in total. The molecule has 0 aromatic heterocycles. The summed E-state index contributed by atoms with van der Waals surface area (Å²) in [6.45, 7) is -0.705. The molecule has 3 rings (SSSR count). The molecule has 9 nitrogen and oxygen atoms in total. The Hall–Kier alpha value is -4.01. The van der Waals surface area contributed by atoms with Crippen molar-refractivity contribution in [3.05, 3.63) is 64.7 Å².